The largest absolute Gasteiger partial charge is 0.495 e. The average Bonchev–Trinajstić information content (AvgIpc) is 2.48. The van der Waals surface area contributed by atoms with E-state index in [0.717, 1.165) is 30.8 Å². The van der Waals surface area contributed by atoms with Crippen LogP contribution in [0.2, 0.25) is 0 Å². The molecule has 19 heavy (non-hydrogen) atoms. The molecule has 1 N–H and O–H groups in total. The second-order valence-corrected chi connectivity index (χ2v) is 5.00. The maximum absolute atomic E-state index is 10.2. The number of ether oxygens (including phenoxy) is 1. The van der Waals surface area contributed by atoms with Crippen LogP contribution >= 0.6 is 0 Å². The maximum Gasteiger partial charge on any atom is 0.121 e. The van der Waals surface area contributed by atoms with E-state index in [2.05, 4.69) is 30.3 Å². The Morgan fingerprint density at radius 3 is 2.74 bits per heavy atom. The van der Waals surface area contributed by atoms with Crippen LogP contribution in [0.3, 0.4) is 0 Å². The van der Waals surface area contributed by atoms with Gasteiger partial charge >= 0.3 is 0 Å². The molecule has 0 radical (unpaired) electrons. The molecular formula is C17H18O2. The molecule has 0 saturated carbocycles. The Kier molecular flexibility index (Phi) is 3.51. The number of rotatable bonds is 3. The number of hydrogen-bond donors (Lipinski definition) is 1. The third kappa shape index (κ3) is 2.79. The second-order valence-electron chi connectivity index (χ2n) is 5.00. The first-order chi connectivity index (χ1) is 9.33. The molecule has 3 rings (SSSR count). The van der Waals surface area contributed by atoms with Crippen molar-refractivity contribution in [2.45, 2.75) is 25.4 Å². The van der Waals surface area contributed by atoms with Gasteiger partial charge in [0, 0.05) is 6.42 Å². The quantitative estimate of drug-likeness (QED) is 0.909. The van der Waals surface area contributed by atoms with Gasteiger partial charge in [-0.1, -0.05) is 42.5 Å². The van der Waals surface area contributed by atoms with Crippen LogP contribution in [-0.4, -0.2) is 17.8 Å². The van der Waals surface area contributed by atoms with E-state index in [-0.39, 0.29) is 0 Å². The minimum atomic E-state index is -0.526. The predicted octanol–water partition coefficient (Wildman–Crippen LogP) is 3.44. The van der Waals surface area contributed by atoms with E-state index in [0.29, 0.717) is 6.42 Å². The molecule has 1 aliphatic rings. The Morgan fingerprint density at radius 1 is 1.11 bits per heavy atom. The van der Waals surface area contributed by atoms with Crippen molar-refractivity contribution >= 4 is 10.8 Å². The lowest BCUT2D eigenvalue weighted by atomic mass is 10.0. The Hall–Kier alpha value is -1.80. The fourth-order valence-corrected chi connectivity index (χ4v) is 2.50. The van der Waals surface area contributed by atoms with Crippen LogP contribution in [0.15, 0.2) is 54.3 Å². The van der Waals surface area contributed by atoms with Crippen LogP contribution in [0, 0.1) is 0 Å². The summed E-state index contributed by atoms with van der Waals surface area (Å²) in [6.07, 6.45) is 4.14. The zero-order valence-corrected chi connectivity index (χ0v) is 10.9. The Bertz CT molecular complexity index is 601. The Balaban J connectivity index is 1.79. The summed E-state index contributed by atoms with van der Waals surface area (Å²) in [6, 6.07) is 14.6. The summed E-state index contributed by atoms with van der Waals surface area (Å²) in [5.41, 5.74) is 1.14. The van der Waals surface area contributed by atoms with Crippen molar-refractivity contribution in [1.82, 2.24) is 0 Å². The topological polar surface area (TPSA) is 29.5 Å². The van der Waals surface area contributed by atoms with E-state index in [1.165, 1.54) is 10.8 Å². The fraction of sp³-hybridized carbons (Fsp3) is 0.294. The zero-order chi connectivity index (χ0) is 13.1. The molecule has 0 amide bonds. The number of allylic oxidation sites excluding steroid dienone is 1. The molecule has 2 nitrogen and oxygen atoms in total. The highest BCUT2D eigenvalue weighted by Gasteiger charge is 2.15. The third-order valence-corrected chi connectivity index (χ3v) is 3.53. The second kappa shape index (κ2) is 5.45. The molecule has 1 atom stereocenters. The molecule has 0 aromatic heterocycles. The van der Waals surface area contributed by atoms with Gasteiger partial charge in [-0.15, -0.1) is 0 Å². The van der Waals surface area contributed by atoms with Crippen molar-refractivity contribution in [1.29, 1.82) is 0 Å². The van der Waals surface area contributed by atoms with Gasteiger partial charge in [-0.05, 0) is 35.3 Å². The molecule has 2 aromatic carbocycles. The van der Waals surface area contributed by atoms with E-state index in [1.807, 2.05) is 18.2 Å². The van der Waals surface area contributed by atoms with E-state index in [1.54, 1.807) is 0 Å². The van der Waals surface area contributed by atoms with Crippen molar-refractivity contribution in [3.05, 3.63) is 59.9 Å². The molecule has 1 aliphatic heterocycles. The summed E-state index contributed by atoms with van der Waals surface area (Å²) >= 11 is 0. The van der Waals surface area contributed by atoms with Crippen molar-refractivity contribution < 1.29 is 9.84 Å². The van der Waals surface area contributed by atoms with Gasteiger partial charge in [0.05, 0.1) is 6.61 Å². The van der Waals surface area contributed by atoms with Crippen molar-refractivity contribution in [2.24, 2.45) is 0 Å². The molecule has 0 bridgehead atoms. The summed E-state index contributed by atoms with van der Waals surface area (Å²) < 4.78 is 5.51. The molecule has 2 aromatic rings. The summed E-state index contributed by atoms with van der Waals surface area (Å²) in [5, 5.41) is 12.7. The molecule has 0 spiro atoms. The third-order valence-electron chi connectivity index (χ3n) is 3.53. The standard InChI is InChI=1S/C17H18O2/c18-16(17-7-3-4-10-19-17)12-13-8-9-14-5-1-2-6-15(14)11-13/h1-2,5-9,11,16,18H,3-4,10,12H2. The van der Waals surface area contributed by atoms with Gasteiger partial charge in [0.1, 0.15) is 11.9 Å². The molecule has 0 saturated heterocycles. The lowest BCUT2D eigenvalue weighted by Crippen LogP contribution is -2.18. The van der Waals surface area contributed by atoms with Gasteiger partial charge in [-0.25, -0.2) is 0 Å². The molecule has 98 valence electrons. The zero-order valence-electron chi connectivity index (χ0n) is 10.9. The number of aliphatic hydroxyl groups excluding tert-OH is 1. The predicted molar refractivity (Wildman–Crippen MR) is 76.9 cm³/mol. The first-order valence-corrected chi connectivity index (χ1v) is 6.81. The summed E-state index contributed by atoms with van der Waals surface area (Å²) in [7, 11) is 0. The van der Waals surface area contributed by atoms with Crippen LogP contribution in [-0.2, 0) is 11.2 Å². The number of hydrogen-bond acceptors (Lipinski definition) is 2. The normalized spacial score (nSPS) is 16.8. The van der Waals surface area contributed by atoms with E-state index >= 15 is 0 Å². The highest BCUT2D eigenvalue weighted by molar-refractivity contribution is 5.83. The monoisotopic (exact) mass is 254 g/mol. The highest BCUT2D eigenvalue weighted by atomic mass is 16.5. The molecule has 2 heteroatoms. The number of aliphatic hydroxyl groups is 1. The van der Waals surface area contributed by atoms with Crippen molar-refractivity contribution in [3.8, 4) is 0 Å². The van der Waals surface area contributed by atoms with Gasteiger partial charge in [0.2, 0.25) is 0 Å². The molecule has 1 heterocycles. The molecule has 0 fully saturated rings. The maximum atomic E-state index is 10.2. The van der Waals surface area contributed by atoms with Gasteiger partial charge in [-0.3, -0.25) is 0 Å². The summed E-state index contributed by atoms with van der Waals surface area (Å²) in [4.78, 5) is 0. The van der Waals surface area contributed by atoms with E-state index < -0.39 is 6.10 Å². The van der Waals surface area contributed by atoms with E-state index in [4.69, 9.17) is 4.74 Å². The highest BCUT2D eigenvalue weighted by Crippen LogP contribution is 2.20. The Morgan fingerprint density at radius 2 is 1.95 bits per heavy atom. The molecule has 1 unspecified atom stereocenters. The lowest BCUT2D eigenvalue weighted by molar-refractivity contribution is 0.0918. The van der Waals surface area contributed by atoms with Crippen LogP contribution in [0.4, 0.5) is 0 Å². The smallest absolute Gasteiger partial charge is 0.121 e. The minimum absolute atomic E-state index is 0.526. The van der Waals surface area contributed by atoms with Crippen molar-refractivity contribution in [3.63, 3.8) is 0 Å². The molecular weight excluding hydrogens is 236 g/mol. The first kappa shape index (κ1) is 12.2. The van der Waals surface area contributed by atoms with E-state index in [9.17, 15) is 5.11 Å². The van der Waals surface area contributed by atoms with Gasteiger partial charge in [-0.2, -0.15) is 0 Å². The van der Waals surface area contributed by atoms with Crippen LogP contribution in [0.25, 0.3) is 10.8 Å². The van der Waals surface area contributed by atoms with Crippen LogP contribution < -0.4 is 0 Å². The minimum Gasteiger partial charge on any atom is -0.495 e. The Labute approximate surface area is 113 Å². The van der Waals surface area contributed by atoms with Gasteiger partial charge < -0.3 is 9.84 Å². The fourth-order valence-electron chi connectivity index (χ4n) is 2.50. The van der Waals surface area contributed by atoms with Gasteiger partial charge in [0.15, 0.2) is 0 Å². The summed E-state index contributed by atoms with van der Waals surface area (Å²) in [5.74, 6) is 0.736. The summed E-state index contributed by atoms with van der Waals surface area (Å²) in [6.45, 7) is 0.723. The van der Waals surface area contributed by atoms with Crippen LogP contribution in [0.5, 0.6) is 0 Å². The van der Waals surface area contributed by atoms with Gasteiger partial charge in [0.25, 0.3) is 0 Å². The first-order valence-electron chi connectivity index (χ1n) is 6.81. The average molecular weight is 254 g/mol. The number of benzene rings is 2. The SMILES string of the molecule is OC(Cc1ccc2ccccc2c1)C1=CCCCO1. The number of fused-ring (bicyclic) bond motifs is 1. The van der Waals surface area contributed by atoms with Crippen molar-refractivity contribution in [2.75, 3.05) is 6.61 Å². The lowest BCUT2D eigenvalue weighted by Gasteiger charge is -2.20. The molecule has 0 aliphatic carbocycles. The van der Waals surface area contributed by atoms with Crippen LogP contribution in [0.1, 0.15) is 18.4 Å².